The van der Waals surface area contributed by atoms with E-state index < -0.39 is 11.9 Å². The van der Waals surface area contributed by atoms with Crippen molar-refractivity contribution in [1.29, 1.82) is 0 Å². The summed E-state index contributed by atoms with van der Waals surface area (Å²) in [6.45, 7) is 2.64. The number of ether oxygens (including phenoxy) is 1. The molecule has 0 aromatic carbocycles. The molecule has 0 aromatic heterocycles. The van der Waals surface area contributed by atoms with Crippen LogP contribution in [0.15, 0.2) is 24.3 Å². The average Bonchev–Trinajstić information content (AvgIpc) is 3.02. The van der Waals surface area contributed by atoms with Crippen molar-refractivity contribution in [3.8, 4) is 0 Å². The molecule has 0 saturated carbocycles. The Morgan fingerprint density at radius 2 is 1.15 bits per heavy atom. The lowest BCUT2D eigenvalue weighted by atomic mass is 10.1. The maximum atomic E-state index is 9.92. The Kier molecular flexibility index (Phi) is 18.8. The Labute approximate surface area is 159 Å². The molecule has 1 heterocycles. The standard InChI is InChI=1S/C18H36O.C4H2O3/c1-2-3-4-5-6-7-8-9-10-11-12-13-14-15-16-17-18-19;5-3-1-2-4(6)7-3/h9-10,19H,2-8,11-18H2,1H3;1-2H/b10-9-;. The molecule has 0 spiro atoms. The summed E-state index contributed by atoms with van der Waals surface area (Å²) in [5.41, 5.74) is 0. The summed E-state index contributed by atoms with van der Waals surface area (Å²) in [5.74, 6) is -1.16. The van der Waals surface area contributed by atoms with Gasteiger partial charge >= 0.3 is 11.9 Å². The Hall–Kier alpha value is -1.42. The Morgan fingerprint density at radius 1 is 0.731 bits per heavy atom. The first-order chi connectivity index (χ1) is 12.7. The zero-order valence-corrected chi connectivity index (χ0v) is 16.6. The lowest BCUT2D eigenvalue weighted by molar-refractivity contribution is -0.150. The minimum absolute atomic E-state index is 0.362. The molecular formula is C22H38O4. The van der Waals surface area contributed by atoms with Gasteiger partial charge in [0.2, 0.25) is 0 Å². The van der Waals surface area contributed by atoms with E-state index >= 15 is 0 Å². The van der Waals surface area contributed by atoms with Crippen molar-refractivity contribution in [2.45, 2.75) is 96.8 Å². The third-order valence-corrected chi connectivity index (χ3v) is 4.23. The van der Waals surface area contributed by atoms with Gasteiger partial charge in [0.15, 0.2) is 0 Å². The van der Waals surface area contributed by atoms with Gasteiger partial charge in [-0.25, -0.2) is 9.59 Å². The molecule has 4 nitrogen and oxygen atoms in total. The SMILES string of the molecule is CCCCCCCC/C=C\CCCCCCCCO.O=C1C=CC(=O)O1. The molecule has 150 valence electrons. The van der Waals surface area contributed by atoms with E-state index in [4.69, 9.17) is 5.11 Å². The molecule has 1 aliphatic heterocycles. The summed E-state index contributed by atoms with van der Waals surface area (Å²) < 4.78 is 3.97. The Morgan fingerprint density at radius 3 is 1.54 bits per heavy atom. The first-order valence-electron chi connectivity index (χ1n) is 10.4. The number of aliphatic hydroxyl groups is 1. The van der Waals surface area contributed by atoms with E-state index in [1.54, 1.807) is 0 Å². The summed E-state index contributed by atoms with van der Waals surface area (Å²) >= 11 is 0. The van der Waals surface area contributed by atoms with Crippen molar-refractivity contribution < 1.29 is 19.4 Å². The molecule has 0 unspecified atom stereocenters. The highest BCUT2D eigenvalue weighted by Crippen LogP contribution is 2.09. The predicted molar refractivity (Wildman–Crippen MR) is 107 cm³/mol. The molecule has 1 rings (SSSR count). The molecule has 0 amide bonds. The van der Waals surface area contributed by atoms with Crippen molar-refractivity contribution in [3.05, 3.63) is 24.3 Å². The van der Waals surface area contributed by atoms with Crippen molar-refractivity contribution in [1.82, 2.24) is 0 Å². The number of carbonyl (C=O) groups is 2. The molecule has 0 aliphatic carbocycles. The van der Waals surface area contributed by atoms with Crippen LogP contribution in [-0.2, 0) is 14.3 Å². The fourth-order valence-electron chi connectivity index (χ4n) is 2.66. The number of aliphatic hydroxyl groups excluding tert-OH is 1. The second kappa shape index (κ2) is 19.9. The third kappa shape index (κ3) is 18.9. The molecule has 1 N–H and O–H groups in total. The summed E-state index contributed by atoms with van der Waals surface area (Å²) in [5, 5.41) is 8.66. The molecule has 0 fully saturated rings. The number of unbranched alkanes of at least 4 members (excludes halogenated alkanes) is 12. The van der Waals surface area contributed by atoms with Crippen LogP contribution in [0.1, 0.15) is 96.8 Å². The second-order valence-corrected chi connectivity index (χ2v) is 6.73. The number of hydrogen-bond donors (Lipinski definition) is 1. The van der Waals surface area contributed by atoms with Crippen LogP contribution in [-0.4, -0.2) is 23.7 Å². The van der Waals surface area contributed by atoms with E-state index in [-0.39, 0.29) is 0 Å². The zero-order chi connectivity index (χ0) is 19.3. The lowest BCUT2D eigenvalue weighted by Gasteiger charge is -1.99. The molecule has 0 bridgehead atoms. The van der Waals surface area contributed by atoms with Gasteiger partial charge < -0.3 is 9.84 Å². The highest BCUT2D eigenvalue weighted by atomic mass is 16.6. The maximum Gasteiger partial charge on any atom is 0.338 e. The molecule has 1 aliphatic rings. The summed E-state index contributed by atoms with van der Waals surface area (Å²) in [6, 6.07) is 0. The minimum Gasteiger partial charge on any atom is -0.396 e. The van der Waals surface area contributed by atoms with Gasteiger partial charge in [0.05, 0.1) is 0 Å². The predicted octanol–water partition coefficient (Wildman–Crippen LogP) is 5.64. The highest BCUT2D eigenvalue weighted by molar-refractivity contribution is 6.04. The van der Waals surface area contributed by atoms with E-state index in [0.717, 1.165) is 18.6 Å². The second-order valence-electron chi connectivity index (χ2n) is 6.73. The van der Waals surface area contributed by atoms with Gasteiger partial charge in [-0.2, -0.15) is 0 Å². The van der Waals surface area contributed by atoms with Crippen LogP contribution in [0.2, 0.25) is 0 Å². The van der Waals surface area contributed by atoms with Crippen LogP contribution < -0.4 is 0 Å². The zero-order valence-electron chi connectivity index (χ0n) is 16.6. The molecule has 0 aromatic rings. The van der Waals surface area contributed by atoms with Gasteiger partial charge in [0.25, 0.3) is 0 Å². The van der Waals surface area contributed by atoms with Gasteiger partial charge in [-0.15, -0.1) is 0 Å². The van der Waals surface area contributed by atoms with Crippen LogP contribution in [0.3, 0.4) is 0 Å². The maximum absolute atomic E-state index is 9.92. The van der Waals surface area contributed by atoms with Gasteiger partial charge in [-0.05, 0) is 32.1 Å². The quantitative estimate of drug-likeness (QED) is 0.176. The van der Waals surface area contributed by atoms with E-state index in [9.17, 15) is 9.59 Å². The number of allylic oxidation sites excluding steroid dienone is 2. The average molecular weight is 367 g/mol. The number of esters is 2. The van der Waals surface area contributed by atoms with Crippen molar-refractivity contribution in [2.24, 2.45) is 0 Å². The topological polar surface area (TPSA) is 63.6 Å². The van der Waals surface area contributed by atoms with Crippen molar-refractivity contribution in [2.75, 3.05) is 6.61 Å². The summed E-state index contributed by atoms with van der Waals surface area (Å²) in [4.78, 5) is 19.8. The number of cyclic esters (lactones) is 2. The van der Waals surface area contributed by atoms with Gasteiger partial charge in [-0.3, -0.25) is 0 Å². The van der Waals surface area contributed by atoms with Gasteiger partial charge in [0, 0.05) is 18.8 Å². The van der Waals surface area contributed by atoms with Crippen LogP contribution in [0, 0.1) is 0 Å². The van der Waals surface area contributed by atoms with E-state index in [2.05, 4.69) is 23.8 Å². The number of rotatable bonds is 15. The van der Waals surface area contributed by atoms with Crippen LogP contribution in [0.4, 0.5) is 0 Å². The van der Waals surface area contributed by atoms with Gasteiger partial charge in [-0.1, -0.05) is 76.9 Å². The highest BCUT2D eigenvalue weighted by Gasteiger charge is 2.10. The van der Waals surface area contributed by atoms with Crippen LogP contribution >= 0.6 is 0 Å². The van der Waals surface area contributed by atoms with E-state index in [1.807, 2.05) is 0 Å². The Balaban J connectivity index is 0.000000735. The molecule has 26 heavy (non-hydrogen) atoms. The monoisotopic (exact) mass is 366 g/mol. The van der Waals surface area contributed by atoms with Crippen LogP contribution in [0.5, 0.6) is 0 Å². The first kappa shape index (κ1) is 24.6. The largest absolute Gasteiger partial charge is 0.396 e. The molecule has 0 atom stereocenters. The van der Waals surface area contributed by atoms with Crippen LogP contribution in [0.25, 0.3) is 0 Å². The number of hydrogen-bond acceptors (Lipinski definition) is 4. The fraction of sp³-hybridized carbons (Fsp3) is 0.727. The summed E-state index contributed by atoms with van der Waals surface area (Å²) in [6.07, 6.45) is 25.4. The first-order valence-corrected chi connectivity index (χ1v) is 10.4. The third-order valence-electron chi connectivity index (χ3n) is 4.23. The van der Waals surface area contributed by atoms with Gasteiger partial charge in [0.1, 0.15) is 0 Å². The number of carbonyl (C=O) groups excluding carboxylic acids is 2. The lowest BCUT2D eigenvalue weighted by Crippen LogP contribution is -1.96. The molecule has 4 heteroatoms. The van der Waals surface area contributed by atoms with Crippen molar-refractivity contribution in [3.63, 3.8) is 0 Å². The molecular weight excluding hydrogens is 328 g/mol. The fourth-order valence-corrected chi connectivity index (χ4v) is 2.66. The van der Waals surface area contributed by atoms with Crippen molar-refractivity contribution >= 4 is 11.9 Å². The Bertz CT molecular complexity index is 383. The normalized spacial score (nSPS) is 13.2. The molecule has 0 saturated heterocycles. The van der Waals surface area contributed by atoms with E-state index in [0.29, 0.717) is 6.61 Å². The summed E-state index contributed by atoms with van der Waals surface area (Å²) in [7, 11) is 0. The van der Waals surface area contributed by atoms with E-state index in [1.165, 1.54) is 83.5 Å². The smallest absolute Gasteiger partial charge is 0.338 e. The molecule has 0 radical (unpaired) electrons. The minimum atomic E-state index is -0.579.